The fraction of sp³-hybridized carbons (Fsp3) is 0.833. The highest BCUT2D eigenvalue weighted by Crippen LogP contribution is 2.28. The third kappa shape index (κ3) is 6.65. The Bertz CT molecular complexity index is 511. The Morgan fingerprint density at radius 3 is 2.32 bits per heavy atom. The summed E-state index contributed by atoms with van der Waals surface area (Å²) in [6, 6.07) is -1.25. The number of hydrogen-bond donors (Lipinski definition) is 3. The Morgan fingerprint density at radius 1 is 1.32 bits per heavy atom. The fourth-order valence-corrected chi connectivity index (χ4v) is 3.24. The van der Waals surface area contributed by atoms with E-state index in [-0.39, 0.29) is 35.1 Å². The Balaban J connectivity index is 2.81. The zero-order chi connectivity index (χ0) is 19.4. The van der Waals surface area contributed by atoms with Gasteiger partial charge in [-0.25, -0.2) is 4.79 Å². The number of carbonyl (C=O) groups is 3. The summed E-state index contributed by atoms with van der Waals surface area (Å²) < 4.78 is 4.82. The molecule has 7 nitrogen and oxygen atoms in total. The molecule has 7 heteroatoms. The zero-order valence-electron chi connectivity index (χ0n) is 16.5. The number of amides is 2. The van der Waals surface area contributed by atoms with E-state index in [1.807, 2.05) is 34.6 Å². The van der Waals surface area contributed by atoms with E-state index in [0.717, 1.165) is 0 Å². The van der Waals surface area contributed by atoms with Crippen LogP contribution >= 0.6 is 0 Å². The number of nitrogens with one attached hydrogen (secondary N) is 3. The molecule has 0 aromatic rings. The van der Waals surface area contributed by atoms with Crippen molar-refractivity contribution < 1.29 is 19.1 Å². The second kappa shape index (κ2) is 8.17. The van der Waals surface area contributed by atoms with Crippen LogP contribution in [0.5, 0.6) is 0 Å². The molecule has 0 aliphatic carbocycles. The minimum absolute atomic E-state index is 0.0405. The summed E-state index contributed by atoms with van der Waals surface area (Å²) in [7, 11) is 3.00. The van der Waals surface area contributed by atoms with Gasteiger partial charge in [-0.3, -0.25) is 9.59 Å². The number of ether oxygens (including phenoxy) is 1. The number of carbonyl (C=O) groups excluding carboxylic acids is 3. The molecule has 2 amide bonds. The van der Waals surface area contributed by atoms with Gasteiger partial charge in [0, 0.05) is 11.5 Å². The van der Waals surface area contributed by atoms with E-state index in [4.69, 9.17) is 4.74 Å². The Hall–Kier alpha value is -1.63. The first-order valence-corrected chi connectivity index (χ1v) is 8.76. The summed E-state index contributed by atoms with van der Waals surface area (Å²) >= 11 is 0. The van der Waals surface area contributed by atoms with Crippen molar-refractivity contribution in [1.29, 1.82) is 0 Å². The van der Waals surface area contributed by atoms with Gasteiger partial charge in [-0.05, 0) is 45.6 Å². The van der Waals surface area contributed by atoms with Crippen molar-refractivity contribution in [1.82, 2.24) is 16.0 Å². The van der Waals surface area contributed by atoms with Gasteiger partial charge in [-0.15, -0.1) is 0 Å². The molecule has 0 bridgehead atoms. The largest absolute Gasteiger partial charge is 0.467 e. The molecule has 1 aliphatic heterocycles. The molecule has 3 atom stereocenters. The predicted molar refractivity (Wildman–Crippen MR) is 95.8 cm³/mol. The highest BCUT2D eigenvalue weighted by atomic mass is 16.5. The monoisotopic (exact) mass is 355 g/mol. The van der Waals surface area contributed by atoms with E-state index >= 15 is 0 Å². The van der Waals surface area contributed by atoms with Crippen molar-refractivity contribution in [2.75, 3.05) is 14.2 Å². The molecular formula is C18H33N3O4. The fourth-order valence-electron chi connectivity index (χ4n) is 3.24. The Kier molecular flexibility index (Phi) is 6.99. The summed E-state index contributed by atoms with van der Waals surface area (Å²) in [5.74, 6) is -1.20. The number of rotatable bonds is 7. The lowest BCUT2D eigenvalue weighted by atomic mass is 9.87. The Labute approximate surface area is 150 Å². The topological polar surface area (TPSA) is 96.5 Å². The highest BCUT2D eigenvalue weighted by molar-refractivity contribution is 5.88. The lowest BCUT2D eigenvalue weighted by Crippen LogP contribution is -2.51. The molecule has 0 aromatic heterocycles. The van der Waals surface area contributed by atoms with Crippen LogP contribution < -0.4 is 16.0 Å². The number of hydrogen-bond acceptors (Lipinski definition) is 5. The maximum atomic E-state index is 12.6. The van der Waals surface area contributed by atoms with Gasteiger partial charge < -0.3 is 20.7 Å². The quantitative estimate of drug-likeness (QED) is 0.592. The van der Waals surface area contributed by atoms with Crippen molar-refractivity contribution in [3.8, 4) is 0 Å². The second-order valence-electron chi connectivity index (χ2n) is 8.70. The van der Waals surface area contributed by atoms with Crippen LogP contribution in [0.2, 0.25) is 0 Å². The molecule has 0 unspecified atom stereocenters. The van der Waals surface area contributed by atoms with Crippen LogP contribution in [0, 0.1) is 11.3 Å². The molecule has 1 saturated heterocycles. The lowest BCUT2D eigenvalue weighted by Gasteiger charge is -2.27. The molecule has 0 saturated carbocycles. The smallest absolute Gasteiger partial charge is 0.328 e. The van der Waals surface area contributed by atoms with Crippen LogP contribution in [0.15, 0.2) is 0 Å². The van der Waals surface area contributed by atoms with Crippen molar-refractivity contribution in [2.24, 2.45) is 11.3 Å². The van der Waals surface area contributed by atoms with Gasteiger partial charge >= 0.3 is 5.97 Å². The van der Waals surface area contributed by atoms with Crippen LogP contribution in [0.1, 0.15) is 53.9 Å². The minimum Gasteiger partial charge on any atom is -0.467 e. The molecule has 1 heterocycles. The summed E-state index contributed by atoms with van der Waals surface area (Å²) in [6.07, 6.45) is 1.48. The number of methoxy groups -OCH3 is 1. The van der Waals surface area contributed by atoms with E-state index in [2.05, 4.69) is 16.0 Å². The lowest BCUT2D eigenvalue weighted by molar-refractivity contribution is -0.146. The molecule has 3 N–H and O–H groups in total. The van der Waals surface area contributed by atoms with E-state index in [9.17, 15) is 14.4 Å². The molecular weight excluding hydrogens is 322 g/mol. The summed E-state index contributed by atoms with van der Waals surface area (Å²) in [6.45, 7) is 10.0. The average molecular weight is 355 g/mol. The third-order valence-electron chi connectivity index (χ3n) is 4.39. The third-order valence-corrected chi connectivity index (χ3v) is 4.39. The van der Waals surface area contributed by atoms with Crippen molar-refractivity contribution in [2.45, 2.75) is 71.5 Å². The van der Waals surface area contributed by atoms with Gasteiger partial charge in [0.25, 0.3) is 0 Å². The first kappa shape index (κ1) is 21.4. The van der Waals surface area contributed by atoms with Crippen LogP contribution in [-0.4, -0.2) is 49.6 Å². The SMILES string of the molecule is CN[C@@H](CC(C)(C)C)C(=O)N[C@@H](C[C@@H]1CC(C)(C)NC1=O)C(=O)OC. The van der Waals surface area contributed by atoms with E-state index in [0.29, 0.717) is 12.8 Å². The van der Waals surface area contributed by atoms with Crippen molar-refractivity contribution in [3.05, 3.63) is 0 Å². The van der Waals surface area contributed by atoms with Crippen molar-refractivity contribution in [3.63, 3.8) is 0 Å². The summed E-state index contributed by atoms with van der Waals surface area (Å²) in [5.41, 5.74) is -0.340. The summed E-state index contributed by atoms with van der Waals surface area (Å²) in [5, 5.41) is 8.66. The normalized spacial score (nSPS) is 22.0. The van der Waals surface area contributed by atoms with E-state index in [1.54, 1.807) is 7.05 Å². The first-order chi connectivity index (χ1) is 11.4. The molecule has 0 radical (unpaired) electrons. The van der Waals surface area contributed by atoms with Gasteiger partial charge in [0.1, 0.15) is 6.04 Å². The van der Waals surface area contributed by atoms with Crippen LogP contribution in [0.25, 0.3) is 0 Å². The van der Waals surface area contributed by atoms with Gasteiger partial charge in [0.2, 0.25) is 11.8 Å². The van der Waals surface area contributed by atoms with Crippen LogP contribution in [-0.2, 0) is 19.1 Å². The van der Waals surface area contributed by atoms with Gasteiger partial charge in [0.05, 0.1) is 13.2 Å². The molecule has 0 spiro atoms. The Morgan fingerprint density at radius 2 is 1.92 bits per heavy atom. The van der Waals surface area contributed by atoms with Crippen LogP contribution in [0.3, 0.4) is 0 Å². The standard InChI is InChI=1S/C18H33N3O4/c1-17(2,3)10-13(19-6)15(23)20-12(16(24)25-7)8-11-9-18(4,5)21-14(11)22/h11-13,19H,8-10H2,1-7H3,(H,20,23)(H,21,22)/t11-,12+,13+/m1/s1. The molecule has 25 heavy (non-hydrogen) atoms. The first-order valence-electron chi connectivity index (χ1n) is 8.76. The molecule has 1 aliphatic rings. The predicted octanol–water partition coefficient (Wildman–Crippen LogP) is 0.973. The van der Waals surface area contributed by atoms with E-state index in [1.165, 1.54) is 7.11 Å². The maximum Gasteiger partial charge on any atom is 0.328 e. The average Bonchev–Trinajstić information content (AvgIpc) is 2.74. The zero-order valence-corrected chi connectivity index (χ0v) is 16.5. The summed E-state index contributed by atoms with van der Waals surface area (Å²) in [4.78, 5) is 36.8. The number of likely N-dealkylation sites (N-methyl/N-ethyl adjacent to an activating group) is 1. The van der Waals surface area contributed by atoms with Crippen molar-refractivity contribution >= 4 is 17.8 Å². The van der Waals surface area contributed by atoms with E-state index < -0.39 is 18.1 Å². The van der Waals surface area contributed by atoms with Gasteiger partial charge in [-0.2, -0.15) is 0 Å². The van der Waals surface area contributed by atoms with Gasteiger partial charge in [-0.1, -0.05) is 20.8 Å². The molecule has 144 valence electrons. The minimum atomic E-state index is -0.835. The molecule has 1 rings (SSSR count). The number of esters is 1. The maximum absolute atomic E-state index is 12.6. The molecule has 0 aromatic carbocycles. The highest BCUT2D eigenvalue weighted by Gasteiger charge is 2.40. The van der Waals surface area contributed by atoms with Crippen LogP contribution in [0.4, 0.5) is 0 Å². The second-order valence-corrected chi connectivity index (χ2v) is 8.70. The van der Waals surface area contributed by atoms with Gasteiger partial charge in [0.15, 0.2) is 0 Å². The molecule has 1 fully saturated rings.